The highest BCUT2D eigenvalue weighted by Gasteiger charge is 2.29. The zero-order valence-corrected chi connectivity index (χ0v) is 5.00. The van der Waals surface area contributed by atoms with E-state index in [1.807, 2.05) is 0 Å². The standard InChI is InChI=1S/C5H10FNO2/c6-7-2-4(3-8)1-5(7)9/h4-5,8-9H,1-3H2. The Bertz CT molecular complexity index is 91.0. The highest BCUT2D eigenvalue weighted by molar-refractivity contribution is 4.72. The molecular weight excluding hydrogens is 125 g/mol. The second-order valence-electron chi connectivity index (χ2n) is 2.35. The Labute approximate surface area is 52.6 Å². The number of hydrogen-bond donors (Lipinski definition) is 2. The topological polar surface area (TPSA) is 43.7 Å². The third-order valence-corrected chi connectivity index (χ3v) is 1.56. The van der Waals surface area contributed by atoms with Gasteiger partial charge in [0.15, 0.2) is 0 Å². The van der Waals surface area contributed by atoms with Gasteiger partial charge in [-0.3, -0.25) is 0 Å². The lowest BCUT2D eigenvalue weighted by Crippen LogP contribution is -2.19. The minimum Gasteiger partial charge on any atom is -0.396 e. The molecule has 0 saturated carbocycles. The first-order valence-corrected chi connectivity index (χ1v) is 2.95. The average Bonchev–Trinajstić information content (AvgIpc) is 2.13. The quantitative estimate of drug-likeness (QED) is 0.476. The van der Waals surface area contributed by atoms with E-state index in [1.54, 1.807) is 0 Å². The van der Waals surface area contributed by atoms with E-state index in [0.29, 0.717) is 11.5 Å². The Morgan fingerprint density at radius 1 is 1.67 bits per heavy atom. The van der Waals surface area contributed by atoms with Crippen LogP contribution in [0.1, 0.15) is 6.42 Å². The number of nitrogens with zero attached hydrogens (tertiary/aromatic N) is 1. The molecule has 2 unspecified atom stereocenters. The van der Waals surface area contributed by atoms with Crippen molar-refractivity contribution >= 4 is 0 Å². The van der Waals surface area contributed by atoms with Crippen molar-refractivity contribution in [2.24, 2.45) is 5.92 Å². The molecule has 0 bridgehead atoms. The molecule has 4 heteroatoms. The Hall–Kier alpha value is -0.190. The number of rotatable bonds is 1. The van der Waals surface area contributed by atoms with Crippen LogP contribution in [0.3, 0.4) is 0 Å². The fraction of sp³-hybridized carbons (Fsp3) is 1.00. The Morgan fingerprint density at radius 2 is 2.33 bits per heavy atom. The zero-order chi connectivity index (χ0) is 6.85. The third-order valence-electron chi connectivity index (χ3n) is 1.56. The molecule has 0 aromatic rings. The van der Waals surface area contributed by atoms with Crippen molar-refractivity contribution in [3.05, 3.63) is 0 Å². The van der Waals surface area contributed by atoms with Crippen LogP contribution in [0.4, 0.5) is 4.48 Å². The molecule has 54 valence electrons. The van der Waals surface area contributed by atoms with Gasteiger partial charge >= 0.3 is 0 Å². The molecule has 2 atom stereocenters. The van der Waals surface area contributed by atoms with E-state index in [1.165, 1.54) is 0 Å². The summed E-state index contributed by atoms with van der Waals surface area (Å²) in [6, 6.07) is 0. The SMILES string of the molecule is OCC1CC(O)N(F)C1. The van der Waals surface area contributed by atoms with Crippen molar-refractivity contribution in [2.75, 3.05) is 13.2 Å². The number of aliphatic hydroxyl groups is 2. The van der Waals surface area contributed by atoms with Crippen LogP contribution >= 0.6 is 0 Å². The number of hydrogen-bond acceptors (Lipinski definition) is 3. The first-order valence-electron chi connectivity index (χ1n) is 2.95. The smallest absolute Gasteiger partial charge is 0.135 e. The predicted molar refractivity (Wildman–Crippen MR) is 29.0 cm³/mol. The van der Waals surface area contributed by atoms with Crippen LogP contribution in [0.25, 0.3) is 0 Å². The minimum atomic E-state index is -0.998. The molecule has 0 aromatic carbocycles. The molecular formula is C5H10FNO2. The van der Waals surface area contributed by atoms with Gasteiger partial charge in [-0.05, 0) is 6.42 Å². The van der Waals surface area contributed by atoms with E-state index in [0.717, 1.165) is 0 Å². The van der Waals surface area contributed by atoms with Crippen molar-refractivity contribution in [1.82, 2.24) is 5.12 Å². The molecule has 2 N–H and O–H groups in total. The van der Waals surface area contributed by atoms with E-state index in [9.17, 15) is 4.48 Å². The molecule has 1 rings (SSSR count). The summed E-state index contributed by atoms with van der Waals surface area (Å²) in [6.07, 6.45) is -0.658. The van der Waals surface area contributed by atoms with Crippen LogP contribution in [0, 0.1) is 5.92 Å². The molecule has 0 radical (unpaired) electrons. The van der Waals surface area contributed by atoms with Crippen molar-refractivity contribution in [1.29, 1.82) is 0 Å². The average molecular weight is 135 g/mol. The van der Waals surface area contributed by atoms with Gasteiger partial charge in [-0.15, -0.1) is 9.60 Å². The van der Waals surface area contributed by atoms with Gasteiger partial charge in [0.1, 0.15) is 6.23 Å². The van der Waals surface area contributed by atoms with Crippen molar-refractivity contribution in [2.45, 2.75) is 12.6 Å². The van der Waals surface area contributed by atoms with Gasteiger partial charge in [-0.2, -0.15) is 0 Å². The van der Waals surface area contributed by atoms with Crippen molar-refractivity contribution in [3.8, 4) is 0 Å². The molecule has 9 heavy (non-hydrogen) atoms. The largest absolute Gasteiger partial charge is 0.396 e. The van der Waals surface area contributed by atoms with Crippen molar-refractivity contribution in [3.63, 3.8) is 0 Å². The maximum absolute atomic E-state index is 12.2. The molecule has 1 aliphatic heterocycles. The fourth-order valence-electron chi connectivity index (χ4n) is 0.988. The Balaban J connectivity index is 2.35. The molecule has 1 heterocycles. The van der Waals surface area contributed by atoms with Gasteiger partial charge < -0.3 is 10.2 Å². The molecule has 1 saturated heterocycles. The lowest BCUT2D eigenvalue weighted by molar-refractivity contribution is -0.0915. The van der Waals surface area contributed by atoms with Crippen LogP contribution in [-0.4, -0.2) is 34.7 Å². The summed E-state index contributed by atoms with van der Waals surface area (Å²) in [4.78, 5) is 0. The summed E-state index contributed by atoms with van der Waals surface area (Å²) < 4.78 is 12.2. The minimum absolute atomic E-state index is 0.0442. The highest BCUT2D eigenvalue weighted by Crippen LogP contribution is 2.20. The van der Waals surface area contributed by atoms with Crippen LogP contribution in [0.2, 0.25) is 0 Å². The molecule has 1 fully saturated rings. The monoisotopic (exact) mass is 135 g/mol. The van der Waals surface area contributed by atoms with Crippen LogP contribution in [0.15, 0.2) is 0 Å². The Morgan fingerprint density at radius 3 is 2.56 bits per heavy atom. The van der Waals surface area contributed by atoms with Crippen LogP contribution in [-0.2, 0) is 0 Å². The lowest BCUT2D eigenvalue weighted by atomic mass is 10.1. The first-order chi connectivity index (χ1) is 4.24. The third kappa shape index (κ3) is 1.38. The van der Waals surface area contributed by atoms with Crippen molar-refractivity contribution < 1.29 is 14.7 Å². The van der Waals surface area contributed by atoms with Gasteiger partial charge in [-0.1, -0.05) is 0 Å². The maximum Gasteiger partial charge on any atom is 0.135 e. The summed E-state index contributed by atoms with van der Waals surface area (Å²) in [5.74, 6) is -0.0926. The molecule has 0 aliphatic carbocycles. The highest BCUT2D eigenvalue weighted by atomic mass is 19.2. The molecule has 0 amide bonds. The summed E-state index contributed by atoms with van der Waals surface area (Å²) in [7, 11) is 0. The summed E-state index contributed by atoms with van der Waals surface area (Å²) in [5.41, 5.74) is 0. The maximum atomic E-state index is 12.2. The number of halogens is 1. The summed E-state index contributed by atoms with van der Waals surface area (Å²) >= 11 is 0. The first kappa shape index (κ1) is 6.92. The van der Waals surface area contributed by atoms with Crippen LogP contribution < -0.4 is 0 Å². The molecule has 0 spiro atoms. The van der Waals surface area contributed by atoms with E-state index in [2.05, 4.69) is 0 Å². The summed E-state index contributed by atoms with van der Waals surface area (Å²) in [6.45, 7) is 0.106. The second-order valence-corrected chi connectivity index (χ2v) is 2.35. The van der Waals surface area contributed by atoms with Gasteiger partial charge in [-0.25, -0.2) is 0 Å². The van der Waals surface area contributed by atoms with E-state index in [-0.39, 0.29) is 19.1 Å². The normalized spacial score (nSPS) is 37.7. The van der Waals surface area contributed by atoms with Gasteiger partial charge in [0, 0.05) is 19.1 Å². The van der Waals surface area contributed by atoms with E-state index in [4.69, 9.17) is 10.2 Å². The summed E-state index contributed by atoms with van der Waals surface area (Å²) in [5, 5.41) is 17.6. The molecule has 0 aromatic heterocycles. The molecule has 1 aliphatic rings. The van der Waals surface area contributed by atoms with Gasteiger partial charge in [0.25, 0.3) is 0 Å². The molecule has 3 nitrogen and oxygen atoms in total. The predicted octanol–water partition coefficient (Wildman–Crippen LogP) is -0.496. The Kier molecular flexibility index (Phi) is 2.00. The van der Waals surface area contributed by atoms with Gasteiger partial charge in [0.05, 0.1) is 0 Å². The van der Waals surface area contributed by atoms with Gasteiger partial charge in [0.2, 0.25) is 0 Å². The number of aliphatic hydroxyl groups excluding tert-OH is 2. The lowest BCUT2D eigenvalue weighted by Gasteiger charge is -2.04. The zero-order valence-electron chi connectivity index (χ0n) is 5.00. The van der Waals surface area contributed by atoms with E-state index >= 15 is 0 Å². The van der Waals surface area contributed by atoms with Crippen LogP contribution in [0.5, 0.6) is 0 Å². The van der Waals surface area contributed by atoms with E-state index < -0.39 is 6.23 Å². The second kappa shape index (κ2) is 2.60. The fourth-order valence-corrected chi connectivity index (χ4v) is 0.988.